The van der Waals surface area contributed by atoms with E-state index < -0.39 is 0 Å². The third kappa shape index (κ3) is 4.04. The van der Waals surface area contributed by atoms with E-state index in [1.807, 2.05) is 19.2 Å². The lowest BCUT2D eigenvalue weighted by Crippen LogP contribution is -2.24. The number of nitrogens with zero attached hydrogens (tertiary/aromatic N) is 1. The number of thiazole rings is 1. The Morgan fingerprint density at radius 1 is 1.33 bits per heavy atom. The van der Waals surface area contributed by atoms with Gasteiger partial charge in [-0.1, -0.05) is 25.6 Å². The molecule has 0 N–H and O–H groups in total. The van der Waals surface area contributed by atoms with Crippen molar-refractivity contribution in [1.82, 2.24) is 4.98 Å². The van der Waals surface area contributed by atoms with Gasteiger partial charge >= 0.3 is 5.97 Å². The number of benzene rings is 1. The largest absolute Gasteiger partial charge is 0.468 e. The average Bonchev–Trinajstić information content (AvgIpc) is 2.93. The number of thioether (sulfide) groups is 1. The van der Waals surface area contributed by atoms with E-state index in [0.717, 1.165) is 15.6 Å². The highest BCUT2D eigenvalue weighted by atomic mass is 32.2. The summed E-state index contributed by atoms with van der Waals surface area (Å²) in [5.41, 5.74) is 1.65. The van der Waals surface area contributed by atoms with E-state index in [2.05, 4.69) is 4.98 Å². The molecule has 0 saturated carbocycles. The predicted molar refractivity (Wildman–Crippen MR) is 84.0 cm³/mol. The zero-order valence-electron chi connectivity index (χ0n) is 12.0. The van der Waals surface area contributed by atoms with Crippen LogP contribution >= 0.6 is 23.1 Å². The molecule has 3 nitrogen and oxygen atoms in total. The van der Waals surface area contributed by atoms with Crippen molar-refractivity contribution in [2.45, 2.75) is 23.4 Å². The molecular weight excluding hydrogens is 309 g/mol. The van der Waals surface area contributed by atoms with Crippen LogP contribution in [0.4, 0.5) is 4.39 Å². The molecule has 1 aromatic heterocycles. The van der Waals surface area contributed by atoms with E-state index >= 15 is 0 Å². The highest BCUT2D eigenvalue weighted by molar-refractivity contribution is 8.02. The van der Waals surface area contributed by atoms with Gasteiger partial charge in [-0.25, -0.2) is 9.37 Å². The second kappa shape index (κ2) is 7.04. The van der Waals surface area contributed by atoms with Crippen LogP contribution in [0.2, 0.25) is 0 Å². The van der Waals surface area contributed by atoms with Crippen molar-refractivity contribution in [1.29, 1.82) is 0 Å². The molecule has 6 heteroatoms. The molecule has 1 atom stereocenters. The molecular formula is C15H16FNO2S2. The molecule has 0 aliphatic heterocycles. The minimum atomic E-state index is -0.276. The summed E-state index contributed by atoms with van der Waals surface area (Å²) in [5, 5.41) is 1.63. The predicted octanol–water partition coefficient (Wildman–Crippen LogP) is 4.24. The fraction of sp³-hybridized carbons (Fsp3) is 0.333. The Morgan fingerprint density at radius 2 is 2.00 bits per heavy atom. The fourth-order valence-electron chi connectivity index (χ4n) is 1.75. The van der Waals surface area contributed by atoms with Gasteiger partial charge in [0.1, 0.15) is 11.1 Å². The Labute approximate surface area is 131 Å². The normalized spacial score (nSPS) is 12.4. The van der Waals surface area contributed by atoms with Gasteiger partial charge in [-0.15, -0.1) is 11.3 Å². The second-order valence-electron chi connectivity index (χ2n) is 4.81. The Kier molecular flexibility index (Phi) is 5.36. The van der Waals surface area contributed by atoms with Gasteiger partial charge in [-0.05, 0) is 30.2 Å². The van der Waals surface area contributed by atoms with Crippen molar-refractivity contribution in [3.8, 4) is 11.3 Å². The standard InChI is InChI=1S/C15H16FNO2S2/c1-9(2)13(14(18)19-3)21-15-17-12(8-20-15)10-4-6-11(16)7-5-10/h4-9,13H,1-3H3. The van der Waals surface area contributed by atoms with Gasteiger partial charge in [-0.3, -0.25) is 4.79 Å². The lowest BCUT2D eigenvalue weighted by atomic mass is 10.1. The Morgan fingerprint density at radius 3 is 2.57 bits per heavy atom. The number of rotatable bonds is 5. The Balaban J connectivity index is 2.15. The van der Waals surface area contributed by atoms with Crippen molar-refractivity contribution in [3.63, 3.8) is 0 Å². The molecule has 21 heavy (non-hydrogen) atoms. The van der Waals surface area contributed by atoms with E-state index in [1.54, 1.807) is 12.1 Å². The van der Waals surface area contributed by atoms with Crippen molar-refractivity contribution < 1.29 is 13.9 Å². The SMILES string of the molecule is COC(=O)C(Sc1nc(-c2ccc(F)cc2)cs1)C(C)C. The molecule has 1 heterocycles. The number of carbonyl (C=O) groups excluding carboxylic acids is 1. The first-order valence-electron chi connectivity index (χ1n) is 6.47. The number of halogens is 1. The summed E-state index contributed by atoms with van der Waals surface area (Å²) in [4.78, 5) is 16.3. The monoisotopic (exact) mass is 325 g/mol. The van der Waals surface area contributed by atoms with Crippen LogP contribution in [0.5, 0.6) is 0 Å². The molecule has 2 rings (SSSR count). The van der Waals surface area contributed by atoms with Gasteiger partial charge in [0.25, 0.3) is 0 Å². The van der Waals surface area contributed by atoms with Gasteiger partial charge < -0.3 is 4.74 Å². The highest BCUT2D eigenvalue weighted by Gasteiger charge is 2.25. The summed E-state index contributed by atoms with van der Waals surface area (Å²) in [5.74, 6) is -0.358. The molecule has 0 saturated heterocycles. The maximum absolute atomic E-state index is 12.9. The summed E-state index contributed by atoms with van der Waals surface area (Å²) in [7, 11) is 1.39. The van der Waals surface area contributed by atoms with Crippen LogP contribution in [0.3, 0.4) is 0 Å². The van der Waals surface area contributed by atoms with Crippen molar-refractivity contribution in [2.75, 3.05) is 7.11 Å². The van der Waals surface area contributed by atoms with Crippen LogP contribution in [0.25, 0.3) is 11.3 Å². The first-order valence-corrected chi connectivity index (χ1v) is 8.23. The molecule has 0 bridgehead atoms. The van der Waals surface area contributed by atoms with Gasteiger partial charge in [0.15, 0.2) is 4.34 Å². The molecule has 0 aliphatic carbocycles. The summed E-state index contributed by atoms with van der Waals surface area (Å²) in [6.45, 7) is 3.95. The summed E-state index contributed by atoms with van der Waals surface area (Å²) in [6, 6.07) is 6.21. The third-order valence-corrected chi connectivity index (χ3v) is 5.38. The molecule has 0 amide bonds. The molecule has 2 aromatic rings. The number of methoxy groups -OCH3 is 1. The van der Waals surface area contributed by atoms with Crippen LogP contribution in [0, 0.1) is 11.7 Å². The van der Waals surface area contributed by atoms with Crippen LogP contribution in [0.1, 0.15) is 13.8 Å². The number of ether oxygens (including phenoxy) is 1. The molecule has 112 valence electrons. The van der Waals surface area contributed by atoms with Crippen molar-refractivity contribution in [2.24, 2.45) is 5.92 Å². The van der Waals surface area contributed by atoms with E-state index in [9.17, 15) is 9.18 Å². The molecule has 1 unspecified atom stereocenters. The van der Waals surface area contributed by atoms with E-state index in [0.29, 0.717) is 0 Å². The fourth-order valence-corrected chi connectivity index (χ4v) is 3.81. The number of carbonyl (C=O) groups is 1. The van der Waals surface area contributed by atoms with Crippen LogP contribution < -0.4 is 0 Å². The topological polar surface area (TPSA) is 39.2 Å². The molecule has 0 aliphatic rings. The lowest BCUT2D eigenvalue weighted by Gasteiger charge is -2.15. The molecule has 0 spiro atoms. The molecule has 1 aromatic carbocycles. The van der Waals surface area contributed by atoms with Crippen molar-refractivity contribution in [3.05, 3.63) is 35.5 Å². The zero-order valence-corrected chi connectivity index (χ0v) is 13.6. The third-order valence-electron chi connectivity index (χ3n) is 2.89. The summed E-state index contributed by atoms with van der Waals surface area (Å²) < 4.78 is 18.6. The quantitative estimate of drug-likeness (QED) is 0.609. The summed E-state index contributed by atoms with van der Waals surface area (Å²) >= 11 is 2.88. The lowest BCUT2D eigenvalue weighted by molar-refractivity contribution is -0.140. The van der Waals surface area contributed by atoms with E-state index in [-0.39, 0.29) is 23.0 Å². The van der Waals surface area contributed by atoms with Gasteiger partial charge in [-0.2, -0.15) is 0 Å². The first-order chi connectivity index (χ1) is 10.0. The molecule has 0 fully saturated rings. The smallest absolute Gasteiger partial charge is 0.319 e. The Bertz CT molecular complexity index is 610. The molecule has 0 radical (unpaired) electrons. The second-order valence-corrected chi connectivity index (χ2v) is 7.06. The zero-order chi connectivity index (χ0) is 15.4. The summed E-state index contributed by atoms with van der Waals surface area (Å²) in [6.07, 6.45) is 0. The van der Waals surface area contributed by atoms with Gasteiger partial charge in [0.05, 0.1) is 12.8 Å². The number of hydrogen-bond acceptors (Lipinski definition) is 5. The minimum Gasteiger partial charge on any atom is -0.468 e. The minimum absolute atomic E-state index is 0.153. The first kappa shape index (κ1) is 16.0. The Hall–Kier alpha value is -1.40. The van der Waals surface area contributed by atoms with E-state index in [4.69, 9.17) is 4.74 Å². The van der Waals surface area contributed by atoms with Gasteiger partial charge in [0.2, 0.25) is 0 Å². The van der Waals surface area contributed by atoms with Crippen LogP contribution in [0.15, 0.2) is 34.0 Å². The average molecular weight is 325 g/mol. The van der Waals surface area contributed by atoms with Gasteiger partial charge in [0, 0.05) is 10.9 Å². The maximum Gasteiger partial charge on any atom is 0.319 e. The van der Waals surface area contributed by atoms with Crippen LogP contribution in [-0.4, -0.2) is 23.3 Å². The highest BCUT2D eigenvalue weighted by Crippen LogP contribution is 2.33. The number of hydrogen-bond donors (Lipinski definition) is 0. The van der Waals surface area contributed by atoms with Crippen molar-refractivity contribution >= 4 is 29.1 Å². The maximum atomic E-state index is 12.9. The number of esters is 1. The number of aromatic nitrogens is 1. The van der Waals surface area contributed by atoms with Crippen LogP contribution in [-0.2, 0) is 9.53 Å². The van der Waals surface area contributed by atoms with E-state index in [1.165, 1.54) is 42.3 Å².